The van der Waals surface area contributed by atoms with Gasteiger partial charge in [0.25, 0.3) is 0 Å². The van der Waals surface area contributed by atoms with Crippen LogP contribution in [0, 0.1) is 5.92 Å². The molecule has 1 aromatic carbocycles. The third-order valence-electron chi connectivity index (χ3n) is 4.39. The Balaban J connectivity index is 1.71. The Morgan fingerprint density at radius 1 is 1.25 bits per heavy atom. The van der Waals surface area contributed by atoms with Gasteiger partial charge >= 0.3 is 0 Å². The van der Waals surface area contributed by atoms with E-state index in [1.54, 1.807) is 10.7 Å². The van der Waals surface area contributed by atoms with E-state index in [9.17, 15) is 9.50 Å². The molecule has 3 atom stereocenters. The van der Waals surface area contributed by atoms with E-state index in [-0.39, 0.29) is 6.04 Å². The van der Waals surface area contributed by atoms with Crippen LogP contribution in [0.4, 0.5) is 4.39 Å². The summed E-state index contributed by atoms with van der Waals surface area (Å²) in [6, 6.07) is 11.6. The van der Waals surface area contributed by atoms with Gasteiger partial charge in [-0.05, 0) is 30.4 Å². The number of aromatic nitrogens is 2. The summed E-state index contributed by atoms with van der Waals surface area (Å²) in [5.74, 6) is 0.318. The molecule has 20 heavy (non-hydrogen) atoms. The molecule has 2 aromatic rings. The first-order chi connectivity index (χ1) is 9.74. The molecular weight excluding hydrogens is 255 g/mol. The zero-order valence-corrected chi connectivity index (χ0v) is 11.1. The molecule has 2 aliphatic rings. The fraction of sp³-hybridized carbons (Fsp3) is 0.438. The van der Waals surface area contributed by atoms with Crippen molar-refractivity contribution in [2.45, 2.75) is 37.6 Å². The largest absolute Gasteiger partial charge is 0.386 e. The highest BCUT2D eigenvalue weighted by Crippen LogP contribution is 2.44. The van der Waals surface area contributed by atoms with Crippen LogP contribution in [-0.4, -0.2) is 14.9 Å². The van der Waals surface area contributed by atoms with Gasteiger partial charge in [0.1, 0.15) is 12.3 Å². The normalized spacial score (nSPS) is 26.5. The van der Waals surface area contributed by atoms with Crippen molar-refractivity contribution >= 4 is 0 Å². The maximum atomic E-state index is 14.2. The van der Waals surface area contributed by atoms with Gasteiger partial charge in [0.15, 0.2) is 0 Å². The number of aliphatic hydroxyl groups excluding tert-OH is 1. The Kier molecular flexibility index (Phi) is 2.67. The first-order valence-corrected chi connectivity index (χ1v) is 7.20. The molecular formula is C16H17FN2O. The number of aliphatic hydroxyl groups is 1. The lowest BCUT2D eigenvalue weighted by Gasteiger charge is -2.13. The summed E-state index contributed by atoms with van der Waals surface area (Å²) >= 11 is 0. The van der Waals surface area contributed by atoms with E-state index >= 15 is 0 Å². The Morgan fingerprint density at radius 2 is 2.00 bits per heavy atom. The molecule has 2 heterocycles. The number of halogens is 1. The van der Waals surface area contributed by atoms with E-state index in [0.29, 0.717) is 23.7 Å². The molecule has 1 N–H and O–H groups in total. The molecule has 3 nitrogen and oxygen atoms in total. The lowest BCUT2D eigenvalue weighted by atomic mass is 10.0. The van der Waals surface area contributed by atoms with Crippen LogP contribution in [0.1, 0.15) is 54.5 Å². The molecule has 3 unspecified atom stereocenters. The highest BCUT2D eigenvalue weighted by molar-refractivity contribution is 5.28. The minimum Gasteiger partial charge on any atom is -0.386 e. The zero-order valence-electron chi connectivity index (χ0n) is 11.1. The van der Waals surface area contributed by atoms with Crippen LogP contribution >= 0.6 is 0 Å². The van der Waals surface area contributed by atoms with Gasteiger partial charge in [0.05, 0.1) is 17.4 Å². The maximum absolute atomic E-state index is 14.2. The Morgan fingerprint density at radius 3 is 2.70 bits per heavy atom. The third-order valence-corrected chi connectivity index (χ3v) is 4.39. The van der Waals surface area contributed by atoms with E-state index in [4.69, 9.17) is 0 Å². The maximum Gasteiger partial charge on any atom is 0.144 e. The van der Waals surface area contributed by atoms with Crippen molar-refractivity contribution in [3.05, 3.63) is 53.3 Å². The van der Waals surface area contributed by atoms with Crippen LogP contribution in [0.3, 0.4) is 0 Å². The second-order valence-electron chi connectivity index (χ2n) is 5.85. The van der Waals surface area contributed by atoms with Gasteiger partial charge in [0.2, 0.25) is 0 Å². The van der Waals surface area contributed by atoms with Gasteiger partial charge < -0.3 is 5.11 Å². The van der Waals surface area contributed by atoms with Crippen LogP contribution in [0.25, 0.3) is 0 Å². The molecule has 4 heteroatoms. The topological polar surface area (TPSA) is 38.0 Å². The minimum atomic E-state index is -0.993. The quantitative estimate of drug-likeness (QED) is 0.930. The zero-order chi connectivity index (χ0) is 13.7. The highest BCUT2D eigenvalue weighted by Gasteiger charge is 2.37. The summed E-state index contributed by atoms with van der Waals surface area (Å²) in [6.45, 7) is 0. The molecule has 0 amide bonds. The smallest absolute Gasteiger partial charge is 0.144 e. The van der Waals surface area contributed by atoms with Crippen LogP contribution in [0.2, 0.25) is 0 Å². The van der Waals surface area contributed by atoms with Gasteiger partial charge in [-0.2, -0.15) is 5.10 Å². The molecule has 0 bridgehead atoms. The van der Waals surface area contributed by atoms with E-state index in [1.165, 1.54) is 0 Å². The number of benzene rings is 1. The Bertz CT molecular complexity index is 621. The van der Waals surface area contributed by atoms with Crippen molar-refractivity contribution in [1.29, 1.82) is 0 Å². The first-order valence-electron chi connectivity index (χ1n) is 7.20. The van der Waals surface area contributed by atoms with Gasteiger partial charge in [-0.25, -0.2) is 4.39 Å². The highest BCUT2D eigenvalue weighted by atomic mass is 19.1. The van der Waals surface area contributed by atoms with Gasteiger partial charge in [-0.3, -0.25) is 4.68 Å². The predicted octanol–water partition coefficient (Wildman–Crippen LogP) is 3.33. The third kappa shape index (κ3) is 1.86. The van der Waals surface area contributed by atoms with E-state index in [0.717, 1.165) is 18.4 Å². The number of nitrogens with zero attached hydrogens (tertiary/aromatic N) is 2. The van der Waals surface area contributed by atoms with E-state index in [2.05, 4.69) is 5.10 Å². The first kappa shape index (κ1) is 12.1. The number of rotatable bonds is 3. The number of hydrogen-bond acceptors (Lipinski definition) is 2. The fourth-order valence-electron chi connectivity index (χ4n) is 3.08. The SMILES string of the molecule is OC(c1cc2n(n1)C(c1ccccc1)CC2F)C1CC1. The van der Waals surface area contributed by atoms with Gasteiger partial charge in [-0.15, -0.1) is 0 Å². The summed E-state index contributed by atoms with van der Waals surface area (Å²) in [4.78, 5) is 0. The molecule has 1 aromatic heterocycles. The lowest BCUT2D eigenvalue weighted by Crippen LogP contribution is -2.09. The molecule has 1 saturated carbocycles. The monoisotopic (exact) mass is 272 g/mol. The standard InChI is InChI=1S/C16H17FN2O/c17-12-8-14(10-4-2-1-3-5-10)19-15(12)9-13(18-19)16(20)11-6-7-11/h1-5,9,11-12,14,16,20H,6-8H2. The van der Waals surface area contributed by atoms with Crippen molar-refractivity contribution in [3.63, 3.8) is 0 Å². The number of fused-ring (bicyclic) bond motifs is 1. The predicted molar refractivity (Wildman–Crippen MR) is 73.0 cm³/mol. The van der Waals surface area contributed by atoms with E-state index < -0.39 is 12.3 Å². The second kappa shape index (κ2) is 4.42. The summed E-state index contributed by atoms with van der Waals surface area (Å²) in [7, 11) is 0. The molecule has 0 spiro atoms. The Labute approximate surface area is 117 Å². The number of alkyl halides is 1. The van der Waals surface area contributed by atoms with Crippen molar-refractivity contribution in [1.82, 2.24) is 9.78 Å². The average molecular weight is 272 g/mol. The van der Waals surface area contributed by atoms with Crippen molar-refractivity contribution < 1.29 is 9.50 Å². The number of hydrogen-bond donors (Lipinski definition) is 1. The minimum absolute atomic E-state index is 0.0543. The van der Waals surface area contributed by atoms with Crippen molar-refractivity contribution in [2.24, 2.45) is 5.92 Å². The van der Waals surface area contributed by atoms with Crippen molar-refractivity contribution in [3.8, 4) is 0 Å². The van der Waals surface area contributed by atoms with E-state index in [1.807, 2.05) is 30.3 Å². The average Bonchev–Trinajstić information content (AvgIpc) is 3.15. The molecule has 1 fully saturated rings. The van der Waals surface area contributed by atoms with Crippen LogP contribution in [-0.2, 0) is 0 Å². The molecule has 0 radical (unpaired) electrons. The molecule has 1 aliphatic carbocycles. The van der Waals surface area contributed by atoms with Crippen LogP contribution in [0.5, 0.6) is 0 Å². The second-order valence-corrected chi connectivity index (χ2v) is 5.85. The molecule has 4 rings (SSSR count). The van der Waals surface area contributed by atoms with Crippen molar-refractivity contribution in [2.75, 3.05) is 0 Å². The van der Waals surface area contributed by atoms with Crippen LogP contribution in [0.15, 0.2) is 36.4 Å². The molecule has 1 aliphatic heterocycles. The summed E-state index contributed by atoms with van der Waals surface area (Å²) in [6.07, 6.45) is 1.01. The molecule has 0 saturated heterocycles. The van der Waals surface area contributed by atoms with Gasteiger partial charge in [-0.1, -0.05) is 30.3 Å². The fourth-order valence-corrected chi connectivity index (χ4v) is 3.08. The molecule has 104 valence electrons. The Hall–Kier alpha value is -1.68. The van der Waals surface area contributed by atoms with Crippen LogP contribution < -0.4 is 0 Å². The lowest BCUT2D eigenvalue weighted by molar-refractivity contribution is 0.147. The summed E-state index contributed by atoms with van der Waals surface area (Å²) < 4.78 is 16.0. The van der Waals surface area contributed by atoms with Gasteiger partial charge in [0, 0.05) is 6.42 Å². The summed E-state index contributed by atoms with van der Waals surface area (Å²) in [5.41, 5.74) is 2.31. The summed E-state index contributed by atoms with van der Waals surface area (Å²) in [5, 5.41) is 14.6.